The molecule has 1 heteroatoms. The van der Waals surface area contributed by atoms with E-state index in [-0.39, 0.29) is 0 Å². The molecule has 6 rings (SSSR count). The molecule has 0 N–H and O–H groups in total. The van der Waals surface area contributed by atoms with Crippen LogP contribution in [0.4, 0.5) is 0 Å². The number of Topliss-reactive ketones (excluding diaryl/α,β-unsaturated/α-hetero) is 1. The molecule has 0 spiro atoms. The lowest BCUT2D eigenvalue weighted by Gasteiger charge is -2.43. The fraction of sp³-hybridized carbons (Fsp3) is 0.526. The Morgan fingerprint density at radius 1 is 0.800 bits per heavy atom. The van der Waals surface area contributed by atoms with E-state index in [1.165, 1.54) is 18.4 Å². The molecule has 1 aromatic carbocycles. The number of rotatable bonds is 1. The van der Waals surface area contributed by atoms with Gasteiger partial charge in [-0.15, -0.1) is 0 Å². The first kappa shape index (κ1) is 10.4. The molecule has 20 heavy (non-hydrogen) atoms. The Balaban J connectivity index is 1.51. The van der Waals surface area contributed by atoms with Crippen LogP contribution in [0, 0.1) is 47.3 Å². The summed E-state index contributed by atoms with van der Waals surface area (Å²) in [5, 5.41) is 0. The minimum atomic E-state index is 0.455. The third-order valence-electron chi connectivity index (χ3n) is 7.37. The molecule has 0 amide bonds. The van der Waals surface area contributed by atoms with Crippen molar-refractivity contribution >= 4 is 11.9 Å². The first-order chi connectivity index (χ1) is 9.84. The van der Waals surface area contributed by atoms with E-state index in [0.29, 0.717) is 17.6 Å². The Morgan fingerprint density at radius 3 is 1.95 bits per heavy atom. The topological polar surface area (TPSA) is 17.1 Å². The van der Waals surface area contributed by atoms with Crippen LogP contribution in [0.3, 0.4) is 0 Å². The summed E-state index contributed by atoms with van der Waals surface area (Å²) in [6.07, 6.45) is 4.85. The SMILES string of the molecule is O=C1[C@@H]2C[C@H]3C(=Cc4ccccc4)[C@H]4C[C@@H]1[C@H]1[C@@H]4[C@@H]3[C@@H]12. The third kappa shape index (κ3) is 0.915. The van der Waals surface area contributed by atoms with E-state index in [1.54, 1.807) is 5.57 Å². The second kappa shape index (κ2) is 3.10. The zero-order valence-corrected chi connectivity index (χ0v) is 11.4. The maximum atomic E-state index is 12.5. The van der Waals surface area contributed by atoms with Gasteiger partial charge in [0.05, 0.1) is 0 Å². The fourth-order valence-electron chi connectivity index (χ4n) is 7.04. The number of carbonyl (C=O) groups excluding carboxylic acids is 1. The predicted octanol–water partition coefficient (Wildman–Crippen LogP) is 3.42. The molecule has 5 aliphatic rings. The van der Waals surface area contributed by atoms with Gasteiger partial charge in [0.2, 0.25) is 0 Å². The van der Waals surface area contributed by atoms with Gasteiger partial charge in [0.1, 0.15) is 5.78 Å². The highest BCUT2D eigenvalue weighted by Crippen LogP contribution is 2.80. The monoisotopic (exact) mass is 262 g/mol. The highest BCUT2D eigenvalue weighted by Gasteiger charge is 2.78. The minimum Gasteiger partial charge on any atom is -0.299 e. The van der Waals surface area contributed by atoms with Gasteiger partial charge in [0.25, 0.3) is 0 Å². The maximum absolute atomic E-state index is 12.5. The van der Waals surface area contributed by atoms with Crippen molar-refractivity contribution < 1.29 is 4.79 Å². The summed E-state index contributed by atoms with van der Waals surface area (Å²) in [5.41, 5.74) is 3.08. The molecule has 0 heterocycles. The highest BCUT2D eigenvalue weighted by molar-refractivity contribution is 5.89. The molecular weight excluding hydrogens is 244 g/mol. The predicted molar refractivity (Wildman–Crippen MR) is 76.6 cm³/mol. The summed E-state index contributed by atoms with van der Waals surface area (Å²) < 4.78 is 0. The summed E-state index contributed by atoms with van der Waals surface area (Å²) in [6.45, 7) is 0. The van der Waals surface area contributed by atoms with Crippen LogP contribution in [0.25, 0.3) is 6.08 Å². The molecular formula is C19H18O. The summed E-state index contributed by atoms with van der Waals surface area (Å²) >= 11 is 0. The molecule has 100 valence electrons. The fourth-order valence-corrected chi connectivity index (χ4v) is 7.04. The van der Waals surface area contributed by atoms with Crippen LogP contribution in [0.5, 0.6) is 0 Å². The number of benzene rings is 1. The van der Waals surface area contributed by atoms with Crippen LogP contribution in [0.2, 0.25) is 0 Å². The highest BCUT2D eigenvalue weighted by atomic mass is 16.1. The average molecular weight is 262 g/mol. The number of hydrogen-bond donors (Lipinski definition) is 0. The molecule has 0 saturated heterocycles. The second-order valence-corrected chi connectivity index (χ2v) is 7.66. The number of carbonyl (C=O) groups is 1. The van der Waals surface area contributed by atoms with Gasteiger partial charge < -0.3 is 0 Å². The molecule has 0 unspecified atom stereocenters. The van der Waals surface area contributed by atoms with Crippen molar-refractivity contribution in [2.75, 3.05) is 0 Å². The Kier molecular flexibility index (Phi) is 1.61. The molecule has 1 nitrogen and oxygen atoms in total. The normalized spacial score (nSPS) is 54.8. The summed E-state index contributed by atoms with van der Waals surface area (Å²) in [6, 6.07) is 10.8. The molecule has 5 saturated carbocycles. The van der Waals surface area contributed by atoms with Crippen molar-refractivity contribution in [3.05, 3.63) is 41.5 Å². The Labute approximate surface area is 119 Å². The van der Waals surface area contributed by atoms with Gasteiger partial charge in [-0.25, -0.2) is 0 Å². The Hall–Kier alpha value is -1.37. The summed E-state index contributed by atoms with van der Waals surface area (Å²) in [7, 11) is 0. The van der Waals surface area contributed by atoms with Gasteiger partial charge in [0, 0.05) is 11.8 Å². The van der Waals surface area contributed by atoms with Crippen molar-refractivity contribution in [1.82, 2.24) is 0 Å². The molecule has 0 bridgehead atoms. The van der Waals surface area contributed by atoms with E-state index in [4.69, 9.17) is 0 Å². The molecule has 0 radical (unpaired) electrons. The Bertz CT molecular complexity index is 624. The van der Waals surface area contributed by atoms with Crippen molar-refractivity contribution in [3.63, 3.8) is 0 Å². The van der Waals surface area contributed by atoms with E-state index in [9.17, 15) is 4.79 Å². The third-order valence-corrected chi connectivity index (χ3v) is 7.37. The first-order valence-electron chi connectivity index (χ1n) is 8.15. The van der Waals surface area contributed by atoms with E-state index in [0.717, 1.165) is 35.5 Å². The summed E-state index contributed by atoms with van der Waals surface area (Å²) in [5.74, 6) is 6.46. The van der Waals surface area contributed by atoms with Crippen molar-refractivity contribution in [1.29, 1.82) is 0 Å². The van der Waals surface area contributed by atoms with Crippen LogP contribution in [0.1, 0.15) is 18.4 Å². The quantitative estimate of drug-likeness (QED) is 0.758. The molecule has 5 fully saturated rings. The van der Waals surface area contributed by atoms with E-state index < -0.39 is 0 Å². The standard InChI is InChI=1S/C19H18O/c20-19-13-7-11-10(6-9-4-2-1-3-5-9)12-8-14(19)18-16(12)15(11)17(13)18/h1-6,11-18H,7-8H2/t11-,12+,13-,14-,15+,16-,17+,18+/m1/s1. The Morgan fingerprint density at radius 2 is 1.35 bits per heavy atom. The smallest absolute Gasteiger partial charge is 0.139 e. The van der Waals surface area contributed by atoms with Gasteiger partial charge in [-0.05, 0) is 53.9 Å². The molecule has 0 aliphatic heterocycles. The molecule has 0 aromatic heterocycles. The van der Waals surface area contributed by atoms with Crippen molar-refractivity contribution in [3.8, 4) is 0 Å². The second-order valence-electron chi connectivity index (χ2n) is 7.66. The van der Waals surface area contributed by atoms with Crippen LogP contribution in [-0.4, -0.2) is 5.78 Å². The van der Waals surface area contributed by atoms with Gasteiger partial charge in [0.15, 0.2) is 0 Å². The number of hydrogen-bond acceptors (Lipinski definition) is 1. The van der Waals surface area contributed by atoms with Crippen LogP contribution < -0.4 is 0 Å². The largest absolute Gasteiger partial charge is 0.299 e. The van der Waals surface area contributed by atoms with E-state index >= 15 is 0 Å². The lowest BCUT2D eigenvalue weighted by Crippen LogP contribution is -2.41. The van der Waals surface area contributed by atoms with Gasteiger partial charge in [-0.2, -0.15) is 0 Å². The molecule has 8 atom stereocenters. The average Bonchev–Trinajstić information content (AvgIpc) is 3.06. The van der Waals surface area contributed by atoms with Gasteiger partial charge in [-0.1, -0.05) is 42.0 Å². The lowest BCUT2D eigenvalue weighted by molar-refractivity contribution is -0.124. The molecule has 1 aromatic rings. The van der Waals surface area contributed by atoms with E-state index in [1.807, 2.05) is 0 Å². The number of ketones is 1. The van der Waals surface area contributed by atoms with Crippen LogP contribution in [0.15, 0.2) is 35.9 Å². The van der Waals surface area contributed by atoms with Crippen molar-refractivity contribution in [2.45, 2.75) is 12.8 Å². The number of allylic oxidation sites excluding steroid dienone is 1. The lowest BCUT2D eigenvalue weighted by atomic mass is 9.60. The zero-order chi connectivity index (χ0) is 13.0. The summed E-state index contributed by atoms with van der Waals surface area (Å²) in [4.78, 5) is 12.5. The van der Waals surface area contributed by atoms with Gasteiger partial charge >= 0.3 is 0 Å². The van der Waals surface area contributed by atoms with Crippen molar-refractivity contribution in [2.24, 2.45) is 47.3 Å². The van der Waals surface area contributed by atoms with Crippen LogP contribution in [-0.2, 0) is 4.79 Å². The zero-order valence-electron chi connectivity index (χ0n) is 11.4. The van der Waals surface area contributed by atoms with Crippen LogP contribution >= 0.6 is 0 Å². The van der Waals surface area contributed by atoms with Gasteiger partial charge in [-0.3, -0.25) is 4.79 Å². The first-order valence-corrected chi connectivity index (χ1v) is 8.15. The minimum absolute atomic E-state index is 0.455. The van der Waals surface area contributed by atoms with E-state index in [2.05, 4.69) is 36.4 Å². The maximum Gasteiger partial charge on any atom is 0.139 e. The molecule has 5 aliphatic carbocycles.